The van der Waals surface area contributed by atoms with Gasteiger partial charge in [-0.05, 0) is 37.3 Å². The normalized spacial score (nSPS) is 12.0. The maximum absolute atomic E-state index is 13.7. The summed E-state index contributed by atoms with van der Waals surface area (Å²) in [4.78, 5) is 12.2. The zero-order chi connectivity index (χ0) is 16.3. The molecule has 0 bridgehead atoms. The number of benzene rings is 2. The molecule has 1 atom stereocenters. The monoisotopic (exact) mass is 389 g/mol. The highest BCUT2D eigenvalue weighted by Crippen LogP contribution is 2.28. The highest BCUT2D eigenvalue weighted by atomic mass is 79.9. The average Bonchev–Trinajstić information content (AvgIpc) is 2.44. The third-order valence-corrected chi connectivity index (χ3v) is 4.40. The Morgan fingerprint density at radius 3 is 2.50 bits per heavy atom. The summed E-state index contributed by atoms with van der Waals surface area (Å²) in [5, 5.41) is 1.76. The third kappa shape index (κ3) is 4.27. The summed E-state index contributed by atoms with van der Waals surface area (Å²) in [5.41, 5.74) is 0.0419. The Balaban J connectivity index is 2.05. The summed E-state index contributed by atoms with van der Waals surface area (Å²) in [6.07, 6.45) is 0. The van der Waals surface area contributed by atoms with Crippen molar-refractivity contribution in [2.45, 2.75) is 17.1 Å². The average molecular weight is 390 g/mol. The van der Waals surface area contributed by atoms with E-state index in [1.54, 1.807) is 13.0 Å². The van der Waals surface area contributed by atoms with Gasteiger partial charge >= 0.3 is 0 Å². The van der Waals surface area contributed by atoms with Crippen molar-refractivity contribution in [3.63, 3.8) is 0 Å². The molecule has 0 aliphatic heterocycles. The van der Waals surface area contributed by atoms with Crippen LogP contribution in [0.2, 0.25) is 0 Å². The zero-order valence-electron chi connectivity index (χ0n) is 11.4. The SMILES string of the molecule is C[C@H](Sc1ccc(F)cc1F)C(=O)Nc1ccc(Br)cc1F. The Labute approximate surface area is 138 Å². The highest BCUT2D eigenvalue weighted by Gasteiger charge is 2.18. The van der Waals surface area contributed by atoms with E-state index >= 15 is 0 Å². The van der Waals surface area contributed by atoms with Crippen LogP contribution >= 0.6 is 27.7 Å². The summed E-state index contributed by atoms with van der Waals surface area (Å²) in [6.45, 7) is 1.56. The number of thioether (sulfide) groups is 1. The van der Waals surface area contributed by atoms with Gasteiger partial charge in [-0.25, -0.2) is 13.2 Å². The molecule has 0 unspecified atom stereocenters. The number of rotatable bonds is 4. The van der Waals surface area contributed by atoms with Crippen LogP contribution in [0.1, 0.15) is 6.92 Å². The van der Waals surface area contributed by atoms with E-state index in [1.165, 1.54) is 18.2 Å². The number of carbonyl (C=O) groups excluding carboxylic acids is 1. The summed E-state index contributed by atoms with van der Waals surface area (Å²) in [5.74, 6) is -2.47. The molecule has 0 radical (unpaired) electrons. The molecule has 0 saturated heterocycles. The minimum atomic E-state index is -0.737. The molecule has 1 N–H and O–H groups in total. The van der Waals surface area contributed by atoms with Crippen LogP contribution in [-0.2, 0) is 4.79 Å². The molecule has 2 rings (SSSR count). The van der Waals surface area contributed by atoms with E-state index in [0.29, 0.717) is 4.47 Å². The fraction of sp³-hybridized carbons (Fsp3) is 0.133. The van der Waals surface area contributed by atoms with Crippen LogP contribution in [0.3, 0.4) is 0 Å². The first-order valence-corrected chi connectivity index (χ1v) is 7.91. The number of halogens is 4. The second kappa shape index (κ2) is 7.19. The molecule has 0 heterocycles. The Morgan fingerprint density at radius 2 is 1.86 bits per heavy atom. The van der Waals surface area contributed by atoms with E-state index in [0.717, 1.165) is 23.9 Å². The van der Waals surface area contributed by atoms with Crippen LogP contribution in [0.4, 0.5) is 18.9 Å². The molecule has 2 aromatic rings. The summed E-state index contributed by atoms with van der Waals surface area (Å²) < 4.78 is 40.6. The fourth-order valence-electron chi connectivity index (χ4n) is 1.64. The lowest BCUT2D eigenvalue weighted by atomic mass is 10.3. The first kappa shape index (κ1) is 16.9. The highest BCUT2D eigenvalue weighted by molar-refractivity contribution is 9.10. The van der Waals surface area contributed by atoms with E-state index in [-0.39, 0.29) is 10.6 Å². The standard InChI is InChI=1S/C15H11BrF3NOS/c1-8(22-14-5-3-10(17)7-12(14)19)15(21)20-13-4-2-9(16)6-11(13)18/h2-8H,1H3,(H,20,21)/t8-/m0/s1. The van der Waals surface area contributed by atoms with Crippen molar-refractivity contribution in [2.75, 3.05) is 5.32 Å². The van der Waals surface area contributed by atoms with Crippen molar-refractivity contribution in [3.8, 4) is 0 Å². The molecule has 0 fully saturated rings. The van der Waals surface area contributed by atoms with Crippen LogP contribution in [0.15, 0.2) is 45.8 Å². The van der Waals surface area contributed by atoms with Gasteiger partial charge in [0.05, 0.1) is 10.9 Å². The lowest BCUT2D eigenvalue weighted by Gasteiger charge is -2.13. The molecule has 22 heavy (non-hydrogen) atoms. The van der Waals surface area contributed by atoms with E-state index in [4.69, 9.17) is 0 Å². The lowest BCUT2D eigenvalue weighted by Crippen LogP contribution is -2.23. The summed E-state index contributed by atoms with van der Waals surface area (Å²) >= 11 is 4.05. The van der Waals surface area contributed by atoms with Crippen molar-refractivity contribution in [3.05, 3.63) is 58.3 Å². The molecule has 0 saturated carbocycles. The molecule has 0 aliphatic carbocycles. The van der Waals surface area contributed by atoms with Crippen LogP contribution < -0.4 is 5.32 Å². The second-order valence-corrected chi connectivity index (χ2v) is 6.75. The first-order chi connectivity index (χ1) is 10.4. The van der Waals surface area contributed by atoms with Crippen molar-refractivity contribution < 1.29 is 18.0 Å². The fourth-order valence-corrected chi connectivity index (χ4v) is 2.84. The number of hydrogen-bond acceptors (Lipinski definition) is 2. The Hall–Kier alpha value is -1.47. The minimum absolute atomic E-state index is 0.0419. The Kier molecular flexibility index (Phi) is 5.52. The molecule has 2 nitrogen and oxygen atoms in total. The largest absolute Gasteiger partial charge is 0.323 e. The quantitative estimate of drug-likeness (QED) is 0.746. The van der Waals surface area contributed by atoms with Crippen LogP contribution in [0.5, 0.6) is 0 Å². The van der Waals surface area contributed by atoms with Gasteiger partial charge in [0, 0.05) is 15.4 Å². The molecule has 0 aromatic heterocycles. The van der Waals surface area contributed by atoms with Crippen LogP contribution in [0.25, 0.3) is 0 Å². The topological polar surface area (TPSA) is 29.1 Å². The number of carbonyl (C=O) groups is 1. The van der Waals surface area contributed by atoms with Gasteiger partial charge < -0.3 is 5.32 Å². The Bertz CT molecular complexity index is 711. The number of nitrogens with one attached hydrogen (secondary N) is 1. The molecule has 1 amide bonds. The minimum Gasteiger partial charge on any atom is -0.323 e. The van der Waals surface area contributed by atoms with Crippen LogP contribution in [0, 0.1) is 17.5 Å². The van der Waals surface area contributed by atoms with E-state index < -0.39 is 28.6 Å². The van der Waals surface area contributed by atoms with Crippen LogP contribution in [-0.4, -0.2) is 11.2 Å². The smallest absolute Gasteiger partial charge is 0.237 e. The zero-order valence-corrected chi connectivity index (χ0v) is 13.8. The maximum Gasteiger partial charge on any atom is 0.237 e. The van der Waals surface area contributed by atoms with E-state index in [2.05, 4.69) is 21.2 Å². The van der Waals surface area contributed by atoms with E-state index in [9.17, 15) is 18.0 Å². The van der Waals surface area contributed by atoms with Gasteiger partial charge in [0.15, 0.2) is 0 Å². The molecular formula is C15H11BrF3NOS. The molecule has 2 aromatic carbocycles. The van der Waals surface area contributed by atoms with Crippen molar-refractivity contribution in [1.82, 2.24) is 0 Å². The predicted molar refractivity (Wildman–Crippen MR) is 84.4 cm³/mol. The number of anilines is 1. The second-order valence-electron chi connectivity index (χ2n) is 4.45. The van der Waals surface area contributed by atoms with Gasteiger partial charge in [0.25, 0.3) is 0 Å². The number of hydrogen-bond donors (Lipinski definition) is 1. The first-order valence-electron chi connectivity index (χ1n) is 6.24. The van der Waals surface area contributed by atoms with Crippen molar-refractivity contribution in [2.24, 2.45) is 0 Å². The van der Waals surface area contributed by atoms with Gasteiger partial charge in [-0.3, -0.25) is 4.79 Å². The molecule has 7 heteroatoms. The van der Waals surface area contributed by atoms with Gasteiger partial charge in [-0.15, -0.1) is 11.8 Å². The molecule has 116 valence electrons. The maximum atomic E-state index is 13.7. The summed E-state index contributed by atoms with van der Waals surface area (Å²) in [6, 6.07) is 7.38. The lowest BCUT2D eigenvalue weighted by molar-refractivity contribution is -0.115. The van der Waals surface area contributed by atoms with Crippen molar-refractivity contribution >= 4 is 39.3 Å². The summed E-state index contributed by atoms with van der Waals surface area (Å²) in [7, 11) is 0. The number of amides is 1. The molecule has 0 spiro atoms. The Morgan fingerprint density at radius 1 is 1.14 bits per heavy atom. The molecular weight excluding hydrogens is 379 g/mol. The van der Waals surface area contributed by atoms with Gasteiger partial charge in [-0.2, -0.15) is 0 Å². The molecule has 0 aliphatic rings. The predicted octanol–water partition coefficient (Wildman–Crippen LogP) is 4.99. The van der Waals surface area contributed by atoms with E-state index in [1.807, 2.05) is 0 Å². The van der Waals surface area contributed by atoms with Gasteiger partial charge in [0.1, 0.15) is 17.5 Å². The van der Waals surface area contributed by atoms with Crippen molar-refractivity contribution in [1.29, 1.82) is 0 Å². The van der Waals surface area contributed by atoms with Gasteiger partial charge in [-0.1, -0.05) is 15.9 Å². The van der Waals surface area contributed by atoms with Gasteiger partial charge in [0.2, 0.25) is 5.91 Å². The third-order valence-electron chi connectivity index (χ3n) is 2.76.